The molecule has 0 aliphatic carbocycles. The number of methoxy groups -OCH3 is 1. The number of benzene rings is 1. The fourth-order valence-electron chi connectivity index (χ4n) is 2.51. The molecule has 0 spiro atoms. The van der Waals surface area contributed by atoms with Gasteiger partial charge in [0.15, 0.2) is 0 Å². The molecule has 0 aliphatic rings. The van der Waals surface area contributed by atoms with E-state index < -0.39 is 0 Å². The van der Waals surface area contributed by atoms with Crippen molar-refractivity contribution < 1.29 is 9.53 Å². The molecule has 1 amide bonds. The fourth-order valence-corrected chi connectivity index (χ4v) is 2.51. The summed E-state index contributed by atoms with van der Waals surface area (Å²) in [6, 6.07) is 11.2. The highest BCUT2D eigenvalue weighted by Gasteiger charge is 2.11. The predicted octanol–water partition coefficient (Wildman–Crippen LogP) is 2.62. The molecule has 3 rings (SSSR count). The second kappa shape index (κ2) is 6.52. The third-order valence-corrected chi connectivity index (χ3v) is 3.67. The number of imidazole rings is 1. The minimum absolute atomic E-state index is 0.137. The van der Waals surface area contributed by atoms with E-state index in [1.165, 1.54) is 5.56 Å². The molecule has 2 heterocycles. The van der Waals surface area contributed by atoms with Crippen molar-refractivity contribution in [2.45, 2.75) is 13.3 Å². The summed E-state index contributed by atoms with van der Waals surface area (Å²) in [6.07, 6.45) is 4.72. The van der Waals surface area contributed by atoms with E-state index in [4.69, 9.17) is 4.74 Å². The van der Waals surface area contributed by atoms with Crippen LogP contribution in [-0.4, -0.2) is 28.9 Å². The highest BCUT2D eigenvalue weighted by Crippen LogP contribution is 2.16. The van der Waals surface area contributed by atoms with E-state index in [0.717, 1.165) is 11.3 Å². The molecule has 5 nitrogen and oxygen atoms in total. The third-order valence-electron chi connectivity index (χ3n) is 3.67. The number of rotatable bonds is 5. The quantitative estimate of drug-likeness (QED) is 0.788. The van der Waals surface area contributed by atoms with Crippen molar-refractivity contribution in [2.24, 2.45) is 0 Å². The third kappa shape index (κ3) is 3.34. The van der Waals surface area contributed by atoms with Crippen molar-refractivity contribution in [3.05, 3.63) is 65.6 Å². The average molecular weight is 309 g/mol. The number of carbonyl (C=O) groups excluding carboxylic acids is 1. The summed E-state index contributed by atoms with van der Waals surface area (Å²) in [6.45, 7) is 2.58. The second-order valence-electron chi connectivity index (χ2n) is 5.41. The normalized spacial score (nSPS) is 10.7. The number of amides is 1. The fraction of sp³-hybridized carbons (Fsp3) is 0.222. The highest BCUT2D eigenvalue weighted by atomic mass is 16.5. The lowest BCUT2D eigenvalue weighted by molar-refractivity contribution is 0.0951. The maximum absolute atomic E-state index is 12.2. The Bertz CT molecular complexity index is 839. The van der Waals surface area contributed by atoms with E-state index in [1.807, 2.05) is 48.0 Å². The molecule has 1 aromatic carbocycles. The minimum Gasteiger partial charge on any atom is -0.496 e. The van der Waals surface area contributed by atoms with Crippen LogP contribution in [0.25, 0.3) is 5.65 Å². The number of ether oxygens (including phenoxy) is 1. The van der Waals surface area contributed by atoms with Crippen LogP contribution in [0, 0.1) is 6.92 Å². The van der Waals surface area contributed by atoms with Crippen molar-refractivity contribution in [1.82, 2.24) is 14.7 Å². The topological polar surface area (TPSA) is 55.6 Å². The van der Waals surface area contributed by atoms with Gasteiger partial charge in [-0.25, -0.2) is 4.98 Å². The van der Waals surface area contributed by atoms with Crippen molar-refractivity contribution in [2.75, 3.05) is 13.7 Å². The first-order valence-corrected chi connectivity index (χ1v) is 7.53. The van der Waals surface area contributed by atoms with Crippen LogP contribution in [0.3, 0.4) is 0 Å². The molecule has 0 unspecified atom stereocenters. The first kappa shape index (κ1) is 15.1. The molecule has 0 radical (unpaired) electrons. The monoisotopic (exact) mass is 309 g/mol. The number of para-hydroxylation sites is 1. The number of hydrogen-bond donors (Lipinski definition) is 1. The molecule has 0 fully saturated rings. The van der Waals surface area contributed by atoms with Crippen LogP contribution >= 0.6 is 0 Å². The lowest BCUT2D eigenvalue weighted by Crippen LogP contribution is -2.26. The molecular weight excluding hydrogens is 290 g/mol. The Balaban J connectivity index is 1.63. The van der Waals surface area contributed by atoms with Crippen molar-refractivity contribution in [1.29, 1.82) is 0 Å². The van der Waals surface area contributed by atoms with Crippen LogP contribution in [0.1, 0.15) is 21.6 Å². The van der Waals surface area contributed by atoms with E-state index >= 15 is 0 Å². The number of pyridine rings is 1. The summed E-state index contributed by atoms with van der Waals surface area (Å²) in [4.78, 5) is 16.8. The Hall–Kier alpha value is -2.82. The summed E-state index contributed by atoms with van der Waals surface area (Å²) < 4.78 is 7.21. The lowest BCUT2D eigenvalue weighted by atomic mass is 10.2. The Labute approximate surface area is 134 Å². The summed E-state index contributed by atoms with van der Waals surface area (Å²) in [5.41, 5.74) is 3.60. The van der Waals surface area contributed by atoms with E-state index in [0.29, 0.717) is 24.3 Å². The van der Waals surface area contributed by atoms with Gasteiger partial charge in [0.05, 0.1) is 18.4 Å². The Kier molecular flexibility index (Phi) is 4.28. The van der Waals surface area contributed by atoms with E-state index in [-0.39, 0.29) is 5.91 Å². The first-order chi connectivity index (χ1) is 11.2. The standard InChI is InChI=1S/C18H19N3O2/c1-13-7-8-17-20-14(12-21(17)11-13)9-10-19-18(22)15-5-3-4-6-16(15)23-2/h3-8,11-12H,9-10H2,1-2H3,(H,19,22). The van der Waals surface area contributed by atoms with Gasteiger partial charge in [-0.1, -0.05) is 18.2 Å². The van der Waals surface area contributed by atoms with Crippen molar-refractivity contribution in [3.8, 4) is 5.75 Å². The molecule has 23 heavy (non-hydrogen) atoms. The Morgan fingerprint density at radius 2 is 2.04 bits per heavy atom. The zero-order valence-electron chi connectivity index (χ0n) is 13.2. The Morgan fingerprint density at radius 1 is 1.22 bits per heavy atom. The molecule has 2 aromatic heterocycles. The summed E-state index contributed by atoms with van der Waals surface area (Å²) in [5.74, 6) is 0.440. The number of carbonyl (C=O) groups is 1. The lowest BCUT2D eigenvalue weighted by Gasteiger charge is -2.08. The zero-order valence-corrected chi connectivity index (χ0v) is 13.2. The largest absolute Gasteiger partial charge is 0.496 e. The van der Waals surface area contributed by atoms with E-state index in [9.17, 15) is 4.79 Å². The second-order valence-corrected chi connectivity index (χ2v) is 5.41. The number of nitrogens with zero attached hydrogens (tertiary/aromatic N) is 2. The van der Waals surface area contributed by atoms with E-state index in [2.05, 4.69) is 10.3 Å². The molecule has 0 saturated carbocycles. The molecule has 0 atom stereocenters. The molecule has 5 heteroatoms. The van der Waals surface area contributed by atoms with Crippen LogP contribution in [0.5, 0.6) is 5.75 Å². The van der Waals surface area contributed by atoms with Crippen LogP contribution < -0.4 is 10.1 Å². The predicted molar refractivity (Wildman–Crippen MR) is 89.0 cm³/mol. The van der Waals surface area contributed by atoms with Crippen LogP contribution in [0.2, 0.25) is 0 Å². The van der Waals surface area contributed by atoms with Crippen LogP contribution in [-0.2, 0) is 6.42 Å². The number of fused-ring (bicyclic) bond motifs is 1. The van der Waals surface area contributed by atoms with Gasteiger partial charge in [-0.15, -0.1) is 0 Å². The summed E-state index contributed by atoms with van der Waals surface area (Å²) in [5, 5.41) is 2.91. The number of nitrogens with one attached hydrogen (secondary N) is 1. The smallest absolute Gasteiger partial charge is 0.255 e. The SMILES string of the molecule is COc1ccccc1C(=O)NCCc1cn2cc(C)ccc2n1. The number of aromatic nitrogens is 2. The summed E-state index contributed by atoms with van der Waals surface area (Å²) in [7, 11) is 1.56. The number of hydrogen-bond acceptors (Lipinski definition) is 3. The molecule has 0 saturated heterocycles. The maximum Gasteiger partial charge on any atom is 0.255 e. The molecule has 1 N–H and O–H groups in total. The van der Waals surface area contributed by atoms with Gasteiger partial charge in [0.25, 0.3) is 5.91 Å². The van der Waals surface area contributed by atoms with Gasteiger partial charge >= 0.3 is 0 Å². The van der Waals surface area contributed by atoms with Crippen LogP contribution in [0.15, 0.2) is 48.8 Å². The zero-order chi connectivity index (χ0) is 16.2. The van der Waals surface area contributed by atoms with Gasteiger partial charge in [0, 0.05) is 25.4 Å². The average Bonchev–Trinajstić information content (AvgIpc) is 2.96. The molecule has 0 aliphatic heterocycles. The molecule has 0 bridgehead atoms. The van der Waals surface area contributed by atoms with Crippen molar-refractivity contribution in [3.63, 3.8) is 0 Å². The highest BCUT2D eigenvalue weighted by molar-refractivity contribution is 5.96. The molecule has 118 valence electrons. The van der Waals surface area contributed by atoms with E-state index in [1.54, 1.807) is 19.2 Å². The van der Waals surface area contributed by atoms with Gasteiger partial charge in [-0.3, -0.25) is 4.79 Å². The molecule has 3 aromatic rings. The Morgan fingerprint density at radius 3 is 2.87 bits per heavy atom. The van der Waals surface area contributed by atoms with Gasteiger partial charge < -0.3 is 14.5 Å². The number of aryl methyl sites for hydroxylation is 1. The maximum atomic E-state index is 12.2. The van der Waals surface area contributed by atoms with Gasteiger partial charge in [0.1, 0.15) is 11.4 Å². The van der Waals surface area contributed by atoms with Gasteiger partial charge in [0.2, 0.25) is 0 Å². The minimum atomic E-state index is -0.137. The summed E-state index contributed by atoms with van der Waals surface area (Å²) >= 11 is 0. The van der Waals surface area contributed by atoms with Crippen LogP contribution in [0.4, 0.5) is 0 Å². The first-order valence-electron chi connectivity index (χ1n) is 7.53. The van der Waals surface area contributed by atoms with Gasteiger partial charge in [-0.05, 0) is 30.7 Å². The molecular formula is C18H19N3O2. The van der Waals surface area contributed by atoms with Gasteiger partial charge in [-0.2, -0.15) is 0 Å². The van der Waals surface area contributed by atoms with Crippen molar-refractivity contribution >= 4 is 11.6 Å².